The van der Waals surface area contributed by atoms with Gasteiger partial charge in [-0.05, 0) is 52.2 Å². The van der Waals surface area contributed by atoms with Gasteiger partial charge >= 0.3 is 0 Å². The Hall–Kier alpha value is -0.490. The lowest BCUT2D eigenvalue weighted by Crippen LogP contribution is -2.33. The van der Waals surface area contributed by atoms with Crippen LogP contribution in [-0.4, -0.2) is 47.3 Å². The van der Waals surface area contributed by atoms with Gasteiger partial charge in [-0.25, -0.2) is 4.98 Å². The maximum absolute atomic E-state index is 9.26. The number of hydrogen-bond donors (Lipinski definition) is 2. The monoisotopic (exact) mass is 283 g/mol. The minimum atomic E-state index is 0.319. The first-order chi connectivity index (χ1) is 9.31. The van der Waals surface area contributed by atoms with Crippen LogP contribution < -0.4 is 5.32 Å². The van der Waals surface area contributed by atoms with Crippen molar-refractivity contribution >= 4 is 11.3 Å². The number of aromatic nitrogens is 1. The van der Waals surface area contributed by atoms with E-state index in [1.807, 2.05) is 11.6 Å². The van der Waals surface area contributed by atoms with E-state index in [2.05, 4.69) is 22.1 Å². The predicted octanol–water partition coefficient (Wildman–Crippen LogP) is 2.03. The molecule has 0 radical (unpaired) electrons. The molecular weight excluding hydrogens is 258 g/mol. The number of rotatable bonds is 8. The fourth-order valence-corrected chi connectivity index (χ4v) is 3.36. The molecule has 1 fully saturated rings. The summed E-state index contributed by atoms with van der Waals surface area (Å²) < 4.78 is 0. The van der Waals surface area contributed by atoms with Crippen LogP contribution in [0.25, 0.3) is 0 Å². The Balaban J connectivity index is 1.55. The van der Waals surface area contributed by atoms with Crippen LogP contribution in [0.3, 0.4) is 0 Å². The van der Waals surface area contributed by atoms with Crippen LogP contribution in [0.4, 0.5) is 0 Å². The SMILES string of the molecule is CC(NCCCCN1CCCC1CO)c1nccs1. The number of thiazole rings is 1. The third-order valence-corrected chi connectivity index (χ3v) is 4.81. The van der Waals surface area contributed by atoms with E-state index in [0.717, 1.165) is 26.1 Å². The van der Waals surface area contributed by atoms with Gasteiger partial charge in [-0.3, -0.25) is 4.90 Å². The molecule has 1 saturated heterocycles. The van der Waals surface area contributed by atoms with Crippen molar-refractivity contribution in [3.05, 3.63) is 16.6 Å². The molecule has 0 amide bonds. The van der Waals surface area contributed by atoms with Gasteiger partial charge < -0.3 is 10.4 Å². The summed E-state index contributed by atoms with van der Waals surface area (Å²) in [6.45, 7) is 5.81. The number of hydrogen-bond acceptors (Lipinski definition) is 5. The van der Waals surface area contributed by atoms with Crippen molar-refractivity contribution in [1.29, 1.82) is 0 Å². The first-order valence-corrected chi connectivity index (χ1v) is 8.17. The van der Waals surface area contributed by atoms with E-state index in [1.165, 1.54) is 24.3 Å². The summed E-state index contributed by atoms with van der Waals surface area (Å²) in [5.74, 6) is 0. The Kier molecular flexibility index (Phi) is 6.23. The van der Waals surface area contributed by atoms with Crippen molar-refractivity contribution in [3.63, 3.8) is 0 Å². The van der Waals surface area contributed by atoms with Gasteiger partial charge in [0.25, 0.3) is 0 Å². The van der Waals surface area contributed by atoms with E-state index in [4.69, 9.17) is 0 Å². The quantitative estimate of drug-likeness (QED) is 0.717. The molecule has 1 aliphatic rings. The minimum absolute atomic E-state index is 0.319. The van der Waals surface area contributed by atoms with Crippen LogP contribution >= 0.6 is 11.3 Å². The molecular formula is C14H25N3OS. The molecule has 0 spiro atoms. The molecule has 0 bridgehead atoms. The number of nitrogens with one attached hydrogen (secondary N) is 1. The molecule has 2 N–H and O–H groups in total. The van der Waals surface area contributed by atoms with Crippen molar-refractivity contribution < 1.29 is 5.11 Å². The molecule has 1 aromatic rings. The fourth-order valence-electron chi connectivity index (χ4n) is 2.69. The zero-order valence-electron chi connectivity index (χ0n) is 11.7. The highest BCUT2D eigenvalue weighted by atomic mass is 32.1. The Morgan fingerprint density at radius 1 is 1.58 bits per heavy atom. The molecule has 2 unspecified atom stereocenters. The van der Waals surface area contributed by atoms with Crippen LogP contribution in [0.1, 0.15) is 43.7 Å². The topological polar surface area (TPSA) is 48.4 Å². The van der Waals surface area contributed by atoms with Gasteiger partial charge in [-0.1, -0.05) is 0 Å². The van der Waals surface area contributed by atoms with Crippen molar-refractivity contribution in [2.24, 2.45) is 0 Å². The van der Waals surface area contributed by atoms with E-state index in [9.17, 15) is 5.11 Å². The number of nitrogens with zero attached hydrogens (tertiary/aromatic N) is 2. The third kappa shape index (κ3) is 4.53. The summed E-state index contributed by atoms with van der Waals surface area (Å²) in [5, 5.41) is 16.0. The Morgan fingerprint density at radius 2 is 2.47 bits per heavy atom. The van der Waals surface area contributed by atoms with Crippen LogP contribution in [-0.2, 0) is 0 Å². The maximum atomic E-state index is 9.26. The van der Waals surface area contributed by atoms with Gasteiger partial charge in [-0.15, -0.1) is 11.3 Å². The van der Waals surface area contributed by atoms with E-state index in [1.54, 1.807) is 11.3 Å². The smallest absolute Gasteiger partial charge is 0.109 e. The lowest BCUT2D eigenvalue weighted by atomic mass is 10.2. The average Bonchev–Trinajstić information content (AvgIpc) is 3.09. The van der Waals surface area contributed by atoms with Crippen LogP contribution in [0.5, 0.6) is 0 Å². The average molecular weight is 283 g/mol. The molecule has 2 rings (SSSR count). The second kappa shape index (κ2) is 7.94. The highest BCUT2D eigenvalue weighted by Crippen LogP contribution is 2.17. The molecule has 19 heavy (non-hydrogen) atoms. The molecule has 0 saturated carbocycles. The normalized spacial score (nSPS) is 21.9. The molecule has 0 aromatic carbocycles. The van der Waals surface area contributed by atoms with E-state index in [-0.39, 0.29) is 0 Å². The highest BCUT2D eigenvalue weighted by Gasteiger charge is 2.22. The van der Waals surface area contributed by atoms with Crippen molar-refractivity contribution in [2.45, 2.75) is 44.7 Å². The summed E-state index contributed by atoms with van der Waals surface area (Å²) in [6.07, 6.45) is 6.65. The van der Waals surface area contributed by atoms with Crippen molar-refractivity contribution in [1.82, 2.24) is 15.2 Å². The van der Waals surface area contributed by atoms with Gasteiger partial charge in [0.15, 0.2) is 0 Å². The Bertz CT molecular complexity index is 344. The lowest BCUT2D eigenvalue weighted by molar-refractivity contribution is 0.157. The van der Waals surface area contributed by atoms with Gasteiger partial charge in [0.2, 0.25) is 0 Å². The molecule has 108 valence electrons. The maximum Gasteiger partial charge on any atom is 0.109 e. The van der Waals surface area contributed by atoms with E-state index < -0.39 is 0 Å². The second-order valence-corrected chi connectivity index (χ2v) is 6.19. The zero-order chi connectivity index (χ0) is 13.5. The molecule has 5 heteroatoms. The van der Waals surface area contributed by atoms with Gasteiger partial charge in [0.1, 0.15) is 5.01 Å². The number of unbranched alkanes of at least 4 members (excludes halogenated alkanes) is 1. The van der Waals surface area contributed by atoms with E-state index in [0.29, 0.717) is 18.7 Å². The molecule has 4 nitrogen and oxygen atoms in total. The lowest BCUT2D eigenvalue weighted by Gasteiger charge is -2.22. The highest BCUT2D eigenvalue weighted by molar-refractivity contribution is 7.09. The first-order valence-electron chi connectivity index (χ1n) is 7.29. The summed E-state index contributed by atoms with van der Waals surface area (Å²) in [5.41, 5.74) is 0. The summed E-state index contributed by atoms with van der Waals surface area (Å²) in [7, 11) is 0. The summed E-state index contributed by atoms with van der Waals surface area (Å²) in [4.78, 5) is 6.75. The molecule has 1 aliphatic heterocycles. The molecule has 1 aromatic heterocycles. The Labute approximate surface area is 119 Å². The number of likely N-dealkylation sites (tertiary alicyclic amines) is 1. The molecule has 2 atom stereocenters. The van der Waals surface area contributed by atoms with Crippen molar-refractivity contribution in [2.75, 3.05) is 26.2 Å². The number of aliphatic hydroxyl groups excluding tert-OH is 1. The molecule has 0 aliphatic carbocycles. The van der Waals surface area contributed by atoms with Crippen LogP contribution in [0, 0.1) is 0 Å². The minimum Gasteiger partial charge on any atom is -0.395 e. The zero-order valence-corrected chi connectivity index (χ0v) is 12.5. The standard InChI is InChI=1S/C14H25N3OS/c1-12(14-16-7-10-19-14)15-6-2-3-8-17-9-4-5-13(17)11-18/h7,10,12-13,15,18H,2-6,8-9,11H2,1H3. The first kappa shape index (κ1) is 14.9. The third-order valence-electron chi connectivity index (χ3n) is 3.85. The second-order valence-electron chi connectivity index (χ2n) is 5.27. The summed E-state index contributed by atoms with van der Waals surface area (Å²) >= 11 is 1.71. The Morgan fingerprint density at radius 3 is 3.21 bits per heavy atom. The predicted molar refractivity (Wildman–Crippen MR) is 79.4 cm³/mol. The van der Waals surface area contributed by atoms with Gasteiger partial charge in [-0.2, -0.15) is 0 Å². The van der Waals surface area contributed by atoms with Crippen LogP contribution in [0.15, 0.2) is 11.6 Å². The van der Waals surface area contributed by atoms with Gasteiger partial charge in [0, 0.05) is 17.6 Å². The molecule has 2 heterocycles. The van der Waals surface area contributed by atoms with Gasteiger partial charge in [0.05, 0.1) is 12.6 Å². The summed E-state index contributed by atoms with van der Waals surface area (Å²) in [6, 6.07) is 0.777. The fraction of sp³-hybridized carbons (Fsp3) is 0.786. The van der Waals surface area contributed by atoms with E-state index >= 15 is 0 Å². The van der Waals surface area contributed by atoms with Crippen LogP contribution in [0.2, 0.25) is 0 Å². The largest absolute Gasteiger partial charge is 0.395 e. The number of aliphatic hydroxyl groups is 1. The van der Waals surface area contributed by atoms with Crippen molar-refractivity contribution in [3.8, 4) is 0 Å².